The quantitative estimate of drug-likeness (QED) is 0.102. The number of rotatable bonds is 10. The largest absolute Gasteiger partial charge is 0.378 e. The number of anilines is 1. The molecule has 0 radical (unpaired) electrons. The van der Waals surface area contributed by atoms with Gasteiger partial charge in [-0.2, -0.15) is 0 Å². The Hall–Kier alpha value is -2.41. The van der Waals surface area contributed by atoms with E-state index in [1.165, 1.54) is 17.7 Å². The van der Waals surface area contributed by atoms with Gasteiger partial charge in [-0.3, -0.25) is 15.1 Å². The Labute approximate surface area is 199 Å². The number of nitrogens with zero attached hydrogens (tertiary/aromatic N) is 2. The van der Waals surface area contributed by atoms with E-state index in [2.05, 4.69) is 33.1 Å². The Morgan fingerprint density at radius 3 is 2.35 bits per heavy atom. The van der Waals surface area contributed by atoms with Crippen molar-refractivity contribution in [2.45, 2.75) is 17.7 Å². The highest BCUT2D eigenvalue weighted by Crippen LogP contribution is 2.27. The van der Waals surface area contributed by atoms with Gasteiger partial charge in [-0.05, 0) is 30.5 Å². The summed E-state index contributed by atoms with van der Waals surface area (Å²) < 4.78 is 23.2. The van der Waals surface area contributed by atoms with Gasteiger partial charge in [-0.25, -0.2) is 8.42 Å². The maximum absolute atomic E-state index is 11.6. The number of benzene rings is 2. The highest BCUT2D eigenvalue weighted by atomic mass is 127. The maximum Gasteiger partial charge on any atom is 0.293 e. The van der Waals surface area contributed by atoms with Crippen LogP contribution in [0.25, 0.3) is 0 Å². The fraction of sp³-hybridized carbons (Fsp3) is 0.350. The van der Waals surface area contributed by atoms with E-state index in [4.69, 9.17) is 0 Å². The van der Waals surface area contributed by atoms with Crippen LogP contribution in [0.15, 0.2) is 58.4 Å². The Balaban J connectivity index is 0.00000480. The Bertz CT molecular complexity index is 984. The van der Waals surface area contributed by atoms with Crippen molar-refractivity contribution in [3.05, 3.63) is 64.2 Å². The number of nitro groups is 1. The smallest absolute Gasteiger partial charge is 0.293 e. The molecule has 0 aliphatic rings. The van der Waals surface area contributed by atoms with E-state index in [9.17, 15) is 18.5 Å². The third-order valence-electron chi connectivity index (χ3n) is 4.33. The van der Waals surface area contributed by atoms with E-state index >= 15 is 0 Å². The van der Waals surface area contributed by atoms with Crippen LogP contribution >= 0.6 is 24.0 Å². The van der Waals surface area contributed by atoms with Crippen molar-refractivity contribution in [3.8, 4) is 0 Å². The number of sulfone groups is 1. The second-order valence-electron chi connectivity index (χ2n) is 6.65. The van der Waals surface area contributed by atoms with Crippen LogP contribution in [-0.4, -0.2) is 52.2 Å². The first kappa shape index (κ1) is 26.6. The molecule has 170 valence electrons. The first-order chi connectivity index (χ1) is 14.3. The minimum atomic E-state index is -3.51. The van der Waals surface area contributed by atoms with E-state index < -0.39 is 14.8 Å². The zero-order valence-electron chi connectivity index (χ0n) is 17.5. The van der Waals surface area contributed by atoms with E-state index in [-0.39, 0.29) is 40.2 Å². The lowest BCUT2D eigenvalue weighted by molar-refractivity contribution is -0.384. The standard InChI is InChI=1S/C20H27N5O4S.HI/c1-21-20(23-12-6-9-16-7-4-3-5-8-16)24-14-13-22-18-11-10-17(30(2,28)29)15-19(18)25(26)27;/h3-5,7-8,10-11,15,22H,6,9,12-14H2,1-2H3,(H2,21,23,24);1H. The van der Waals surface area contributed by atoms with Gasteiger partial charge in [0.1, 0.15) is 5.69 Å². The molecule has 2 aromatic carbocycles. The van der Waals surface area contributed by atoms with Crippen LogP contribution in [0.3, 0.4) is 0 Å². The van der Waals surface area contributed by atoms with Crippen LogP contribution in [0.4, 0.5) is 11.4 Å². The lowest BCUT2D eigenvalue weighted by Gasteiger charge is -2.13. The molecule has 0 atom stereocenters. The molecular formula is C20H28IN5O4S. The first-order valence-electron chi connectivity index (χ1n) is 9.52. The summed E-state index contributed by atoms with van der Waals surface area (Å²) in [6.45, 7) is 1.63. The zero-order chi connectivity index (χ0) is 22.0. The average Bonchev–Trinajstić information content (AvgIpc) is 2.72. The topological polar surface area (TPSA) is 126 Å². The molecule has 0 spiro atoms. The van der Waals surface area contributed by atoms with E-state index in [1.54, 1.807) is 7.05 Å². The molecule has 0 amide bonds. The highest BCUT2D eigenvalue weighted by Gasteiger charge is 2.18. The lowest BCUT2D eigenvalue weighted by Crippen LogP contribution is -2.40. The number of aliphatic imine (C=N–C) groups is 1. The van der Waals surface area contributed by atoms with Crippen LogP contribution in [0, 0.1) is 10.1 Å². The van der Waals surface area contributed by atoms with Gasteiger partial charge < -0.3 is 16.0 Å². The molecular weight excluding hydrogens is 533 g/mol. The van der Waals surface area contributed by atoms with Crippen molar-refractivity contribution >= 4 is 51.1 Å². The molecule has 11 heteroatoms. The van der Waals surface area contributed by atoms with Crippen molar-refractivity contribution in [1.82, 2.24) is 10.6 Å². The number of hydrogen-bond acceptors (Lipinski definition) is 6. The van der Waals surface area contributed by atoms with Crippen molar-refractivity contribution in [3.63, 3.8) is 0 Å². The average molecular weight is 561 g/mol. The number of nitro benzene ring substituents is 1. The van der Waals surface area contributed by atoms with Crippen LogP contribution in [0.5, 0.6) is 0 Å². The third-order valence-corrected chi connectivity index (χ3v) is 5.44. The molecule has 0 bridgehead atoms. The number of nitrogens with one attached hydrogen (secondary N) is 3. The fourth-order valence-electron chi connectivity index (χ4n) is 2.79. The third kappa shape index (κ3) is 9.09. The minimum absolute atomic E-state index is 0. The predicted molar refractivity (Wildman–Crippen MR) is 134 cm³/mol. The van der Waals surface area contributed by atoms with Crippen LogP contribution in [0.2, 0.25) is 0 Å². The summed E-state index contributed by atoms with van der Waals surface area (Å²) in [5.41, 5.74) is 1.27. The Morgan fingerprint density at radius 2 is 1.74 bits per heavy atom. The van der Waals surface area contributed by atoms with E-state index in [1.807, 2.05) is 18.2 Å². The fourth-order valence-corrected chi connectivity index (χ4v) is 3.43. The molecule has 0 aromatic heterocycles. The van der Waals surface area contributed by atoms with Crippen molar-refractivity contribution in [2.75, 3.05) is 38.3 Å². The number of hydrogen-bond donors (Lipinski definition) is 3. The van der Waals surface area contributed by atoms with Gasteiger partial charge in [0.2, 0.25) is 0 Å². The summed E-state index contributed by atoms with van der Waals surface area (Å²) in [6, 6.07) is 14.1. The second kappa shape index (κ2) is 13.1. The van der Waals surface area contributed by atoms with Gasteiger partial charge in [0, 0.05) is 39.0 Å². The van der Waals surface area contributed by atoms with Crippen molar-refractivity contribution in [2.24, 2.45) is 4.99 Å². The summed E-state index contributed by atoms with van der Waals surface area (Å²) in [6.07, 6.45) is 2.95. The molecule has 31 heavy (non-hydrogen) atoms. The summed E-state index contributed by atoms with van der Waals surface area (Å²) in [5.74, 6) is 0.645. The Morgan fingerprint density at radius 1 is 1.06 bits per heavy atom. The van der Waals surface area contributed by atoms with Crippen molar-refractivity contribution < 1.29 is 13.3 Å². The van der Waals surface area contributed by atoms with Gasteiger partial charge in [-0.1, -0.05) is 30.3 Å². The number of halogens is 1. The monoisotopic (exact) mass is 561 g/mol. The molecule has 0 saturated heterocycles. The van der Waals surface area contributed by atoms with Crippen molar-refractivity contribution in [1.29, 1.82) is 0 Å². The zero-order valence-corrected chi connectivity index (χ0v) is 20.6. The molecule has 0 fully saturated rings. The molecule has 2 rings (SSSR count). The molecule has 2 aromatic rings. The first-order valence-corrected chi connectivity index (χ1v) is 11.4. The minimum Gasteiger partial charge on any atom is -0.378 e. The number of guanidine groups is 1. The summed E-state index contributed by atoms with van der Waals surface area (Å²) in [7, 11) is -1.84. The second-order valence-corrected chi connectivity index (χ2v) is 8.67. The predicted octanol–water partition coefficient (Wildman–Crippen LogP) is 2.83. The molecule has 9 nitrogen and oxygen atoms in total. The van der Waals surface area contributed by atoms with Gasteiger partial charge >= 0.3 is 0 Å². The van der Waals surface area contributed by atoms with Crippen LogP contribution in [0.1, 0.15) is 12.0 Å². The van der Waals surface area contributed by atoms with Gasteiger partial charge in [0.25, 0.3) is 5.69 Å². The normalized spacial score (nSPS) is 11.4. The molecule has 0 aliphatic heterocycles. The number of aryl methyl sites for hydroxylation is 1. The van der Waals surface area contributed by atoms with Gasteiger partial charge in [-0.15, -0.1) is 24.0 Å². The summed E-state index contributed by atoms with van der Waals surface area (Å²) >= 11 is 0. The van der Waals surface area contributed by atoms with E-state index in [0.717, 1.165) is 31.7 Å². The van der Waals surface area contributed by atoms with Gasteiger partial charge in [0.15, 0.2) is 15.8 Å². The SMILES string of the molecule is CN=C(NCCCc1ccccc1)NCCNc1ccc(S(C)(=O)=O)cc1[N+](=O)[O-].I. The summed E-state index contributed by atoms with van der Waals surface area (Å²) in [4.78, 5) is 14.7. The van der Waals surface area contributed by atoms with E-state index in [0.29, 0.717) is 19.0 Å². The highest BCUT2D eigenvalue weighted by molar-refractivity contribution is 14.0. The Kier molecular flexibility index (Phi) is 11.3. The molecule has 0 saturated carbocycles. The molecule has 0 aliphatic carbocycles. The van der Waals surface area contributed by atoms with Crippen LogP contribution < -0.4 is 16.0 Å². The molecule has 3 N–H and O–H groups in total. The molecule has 0 heterocycles. The maximum atomic E-state index is 11.6. The molecule has 0 unspecified atom stereocenters. The lowest BCUT2D eigenvalue weighted by atomic mass is 10.1. The van der Waals surface area contributed by atoms with Crippen LogP contribution in [-0.2, 0) is 16.3 Å². The van der Waals surface area contributed by atoms with Gasteiger partial charge in [0.05, 0.1) is 9.82 Å². The summed E-state index contributed by atoms with van der Waals surface area (Å²) in [5, 5.41) is 20.6.